The van der Waals surface area contributed by atoms with Gasteiger partial charge in [-0.15, -0.1) is 0 Å². The number of rotatable bonds is 7. The molecule has 0 saturated heterocycles. The van der Waals surface area contributed by atoms with Gasteiger partial charge in [0, 0.05) is 29.2 Å². The van der Waals surface area contributed by atoms with Crippen molar-refractivity contribution in [1.82, 2.24) is 0 Å². The molecule has 0 aliphatic rings. The molecular weight excluding hydrogens is 384 g/mol. The lowest BCUT2D eigenvalue weighted by Gasteiger charge is -2.16. The minimum Gasteiger partial charge on any atom is -0.508 e. The Labute approximate surface area is 176 Å². The summed E-state index contributed by atoms with van der Waals surface area (Å²) < 4.78 is 21.5. The third kappa shape index (κ3) is 4.22. The molecule has 0 aliphatic heterocycles. The van der Waals surface area contributed by atoms with Gasteiger partial charge in [-0.25, -0.2) is 0 Å². The van der Waals surface area contributed by atoms with E-state index in [0.717, 1.165) is 11.1 Å². The van der Waals surface area contributed by atoms with Crippen molar-refractivity contribution in [3.05, 3.63) is 59.2 Å². The first-order valence-corrected chi connectivity index (χ1v) is 9.40. The zero-order valence-corrected chi connectivity index (χ0v) is 17.8. The van der Waals surface area contributed by atoms with Crippen molar-refractivity contribution in [2.24, 2.45) is 0 Å². The quantitative estimate of drug-likeness (QED) is 0.588. The molecule has 0 heterocycles. The molecule has 6 nitrogen and oxygen atoms in total. The Kier molecular flexibility index (Phi) is 6.26. The van der Waals surface area contributed by atoms with Gasteiger partial charge in [-0.2, -0.15) is 0 Å². The molecule has 0 saturated carbocycles. The van der Waals surface area contributed by atoms with E-state index in [9.17, 15) is 10.2 Å². The van der Waals surface area contributed by atoms with Crippen LogP contribution in [0.2, 0.25) is 0 Å². The van der Waals surface area contributed by atoms with Crippen molar-refractivity contribution in [3.8, 4) is 45.6 Å². The van der Waals surface area contributed by atoms with E-state index in [4.69, 9.17) is 18.9 Å². The molecule has 0 fully saturated rings. The van der Waals surface area contributed by atoms with Crippen LogP contribution in [0.5, 0.6) is 34.5 Å². The molecule has 0 bridgehead atoms. The fraction of sp³-hybridized carbons (Fsp3) is 0.250. The summed E-state index contributed by atoms with van der Waals surface area (Å²) in [6.45, 7) is 1.79. The van der Waals surface area contributed by atoms with Crippen LogP contribution in [0.25, 0.3) is 11.1 Å². The van der Waals surface area contributed by atoms with Crippen LogP contribution in [-0.4, -0.2) is 38.7 Å². The Morgan fingerprint density at radius 3 is 1.87 bits per heavy atom. The van der Waals surface area contributed by atoms with Gasteiger partial charge >= 0.3 is 0 Å². The number of hydrogen-bond donors (Lipinski definition) is 2. The van der Waals surface area contributed by atoms with Gasteiger partial charge in [-0.1, -0.05) is 0 Å². The normalized spacial score (nSPS) is 10.6. The maximum absolute atomic E-state index is 11.1. The number of methoxy groups -OCH3 is 4. The fourth-order valence-corrected chi connectivity index (χ4v) is 3.36. The molecule has 0 amide bonds. The number of benzene rings is 3. The Bertz CT molecular complexity index is 1040. The highest BCUT2D eigenvalue weighted by molar-refractivity contribution is 5.76. The van der Waals surface area contributed by atoms with Crippen molar-refractivity contribution >= 4 is 0 Å². The summed E-state index contributed by atoms with van der Waals surface area (Å²) in [5.41, 5.74) is 3.43. The number of aromatic hydroxyl groups is 2. The molecule has 158 valence electrons. The van der Waals surface area contributed by atoms with E-state index in [-0.39, 0.29) is 11.5 Å². The molecule has 3 aromatic rings. The molecule has 0 aromatic heterocycles. The predicted molar refractivity (Wildman–Crippen MR) is 115 cm³/mol. The molecule has 0 aliphatic carbocycles. The lowest BCUT2D eigenvalue weighted by Crippen LogP contribution is -1.96. The fourth-order valence-electron chi connectivity index (χ4n) is 3.36. The standard InChI is InChI=1S/C24H26O6/c1-14-22(25)7-15(8-23(14)30-5)6-17-11-20(29-4)13-21(24(17)26)16-9-18(27-2)12-19(10-16)28-3/h7-13,25-26H,6H2,1-5H3. The average Bonchev–Trinajstić information content (AvgIpc) is 2.76. The Hall–Kier alpha value is -3.54. The second kappa shape index (κ2) is 8.86. The topological polar surface area (TPSA) is 77.4 Å². The van der Waals surface area contributed by atoms with Gasteiger partial charge in [0.05, 0.1) is 28.4 Å². The Balaban J connectivity index is 2.12. The SMILES string of the molecule is COc1cc(OC)cc(-c2cc(OC)cc(Cc3cc(O)c(C)c(OC)c3)c2O)c1. The maximum atomic E-state index is 11.1. The highest BCUT2D eigenvalue weighted by Crippen LogP contribution is 2.40. The van der Waals surface area contributed by atoms with Gasteiger partial charge in [-0.05, 0) is 54.4 Å². The largest absolute Gasteiger partial charge is 0.508 e. The molecule has 0 spiro atoms. The molecule has 0 atom stereocenters. The maximum Gasteiger partial charge on any atom is 0.127 e. The van der Waals surface area contributed by atoms with Gasteiger partial charge in [-0.3, -0.25) is 0 Å². The predicted octanol–water partition coefficient (Wildman–Crippen LogP) is 4.70. The lowest BCUT2D eigenvalue weighted by molar-refractivity contribution is 0.394. The highest BCUT2D eigenvalue weighted by Gasteiger charge is 2.16. The van der Waals surface area contributed by atoms with Gasteiger partial charge in [0.25, 0.3) is 0 Å². The first kappa shape index (κ1) is 21.2. The van der Waals surface area contributed by atoms with E-state index in [1.807, 2.05) is 18.2 Å². The zero-order valence-electron chi connectivity index (χ0n) is 17.8. The van der Waals surface area contributed by atoms with Crippen LogP contribution in [0.3, 0.4) is 0 Å². The first-order valence-electron chi connectivity index (χ1n) is 9.40. The number of ether oxygens (including phenoxy) is 4. The summed E-state index contributed by atoms with van der Waals surface area (Å²) in [7, 11) is 6.29. The molecule has 3 rings (SSSR count). The summed E-state index contributed by atoms with van der Waals surface area (Å²) in [6, 6.07) is 12.5. The van der Waals surface area contributed by atoms with Crippen LogP contribution in [0.15, 0.2) is 42.5 Å². The van der Waals surface area contributed by atoms with E-state index in [1.165, 1.54) is 0 Å². The molecule has 0 unspecified atom stereocenters. The van der Waals surface area contributed by atoms with Gasteiger partial charge in [0.1, 0.15) is 34.5 Å². The molecule has 6 heteroatoms. The van der Waals surface area contributed by atoms with Crippen molar-refractivity contribution < 1.29 is 29.2 Å². The second-order valence-electron chi connectivity index (χ2n) is 6.90. The van der Waals surface area contributed by atoms with E-state index < -0.39 is 0 Å². The van der Waals surface area contributed by atoms with E-state index >= 15 is 0 Å². The van der Waals surface area contributed by atoms with Crippen molar-refractivity contribution in [1.29, 1.82) is 0 Å². The third-order valence-corrected chi connectivity index (χ3v) is 5.07. The number of phenolic OH excluding ortho intramolecular Hbond substituents is 2. The summed E-state index contributed by atoms with van der Waals surface area (Å²) in [5.74, 6) is 2.67. The van der Waals surface area contributed by atoms with E-state index in [0.29, 0.717) is 46.1 Å². The third-order valence-electron chi connectivity index (χ3n) is 5.07. The first-order chi connectivity index (χ1) is 14.4. The monoisotopic (exact) mass is 410 g/mol. The van der Waals surface area contributed by atoms with Crippen LogP contribution in [0, 0.1) is 6.92 Å². The molecule has 2 N–H and O–H groups in total. The second-order valence-corrected chi connectivity index (χ2v) is 6.90. The zero-order chi connectivity index (χ0) is 21.8. The number of phenols is 2. The summed E-state index contributed by atoms with van der Waals surface area (Å²) in [5, 5.41) is 21.3. The Morgan fingerprint density at radius 2 is 1.30 bits per heavy atom. The Morgan fingerprint density at radius 1 is 0.700 bits per heavy atom. The van der Waals surface area contributed by atoms with Crippen LogP contribution in [-0.2, 0) is 6.42 Å². The lowest BCUT2D eigenvalue weighted by atomic mass is 9.96. The van der Waals surface area contributed by atoms with Gasteiger partial charge < -0.3 is 29.2 Å². The number of hydrogen-bond acceptors (Lipinski definition) is 6. The summed E-state index contributed by atoms with van der Waals surface area (Å²) >= 11 is 0. The van der Waals surface area contributed by atoms with E-state index in [1.54, 1.807) is 59.6 Å². The van der Waals surface area contributed by atoms with Crippen molar-refractivity contribution in [3.63, 3.8) is 0 Å². The minimum absolute atomic E-state index is 0.116. The van der Waals surface area contributed by atoms with Crippen LogP contribution >= 0.6 is 0 Å². The summed E-state index contributed by atoms with van der Waals surface area (Å²) in [4.78, 5) is 0. The van der Waals surface area contributed by atoms with Crippen molar-refractivity contribution in [2.45, 2.75) is 13.3 Å². The molecule has 0 radical (unpaired) electrons. The highest BCUT2D eigenvalue weighted by atomic mass is 16.5. The average molecular weight is 410 g/mol. The summed E-state index contributed by atoms with van der Waals surface area (Å²) in [6.07, 6.45) is 0.376. The molecule has 3 aromatic carbocycles. The molecule has 30 heavy (non-hydrogen) atoms. The van der Waals surface area contributed by atoms with Crippen LogP contribution in [0.1, 0.15) is 16.7 Å². The van der Waals surface area contributed by atoms with Crippen LogP contribution < -0.4 is 18.9 Å². The van der Waals surface area contributed by atoms with Gasteiger partial charge in [0.15, 0.2) is 0 Å². The van der Waals surface area contributed by atoms with Crippen LogP contribution in [0.4, 0.5) is 0 Å². The molecular formula is C24H26O6. The van der Waals surface area contributed by atoms with E-state index in [2.05, 4.69) is 0 Å². The smallest absolute Gasteiger partial charge is 0.127 e. The van der Waals surface area contributed by atoms with Crippen molar-refractivity contribution in [2.75, 3.05) is 28.4 Å². The van der Waals surface area contributed by atoms with Gasteiger partial charge in [0.2, 0.25) is 0 Å². The minimum atomic E-state index is 0.116.